The van der Waals surface area contributed by atoms with Crippen molar-refractivity contribution >= 4 is 60.1 Å². The highest BCUT2D eigenvalue weighted by molar-refractivity contribution is 9.11. The van der Waals surface area contributed by atoms with Crippen LogP contribution >= 0.6 is 38.9 Å². The minimum absolute atomic E-state index is 0.215. The second kappa shape index (κ2) is 6.26. The highest BCUT2D eigenvalue weighted by Crippen LogP contribution is 2.23. The van der Waals surface area contributed by atoms with Crippen molar-refractivity contribution < 1.29 is 17.6 Å². The lowest BCUT2D eigenvalue weighted by molar-refractivity contribution is 0.256. The molecule has 0 aliphatic carbocycles. The molecule has 1 heterocycles. The third-order valence-electron chi connectivity index (χ3n) is 2.13. The van der Waals surface area contributed by atoms with Gasteiger partial charge in [0.1, 0.15) is 5.82 Å². The Hall–Kier alpha value is -1.23. The predicted molar refractivity (Wildman–Crippen MR) is 80.6 cm³/mol. The Kier molecular flexibility index (Phi) is 4.81. The summed E-state index contributed by atoms with van der Waals surface area (Å²) >= 11 is 9.77. The van der Waals surface area contributed by atoms with Crippen molar-refractivity contribution in [1.29, 1.82) is 0 Å². The number of carbonyl (C=O) groups is 1. The molecule has 112 valence electrons. The first-order valence-electron chi connectivity index (χ1n) is 5.18. The zero-order chi connectivity index (χ0) is 15.6. The Morgan fingerprint density at radius 1 is 1.43 bits per heavy atom. The summed E-state index contributed by atoms with van der Waals surface area (Å²) in [5.41, 5.74) is 0. The van der Waals surface area contributed by atoms with Gasteiger partial charge in [-0.3, -0.25) is 5.32 Å². The smallest absolute Gasteiger partial charge is 0.283 e. The summed E-state index contributed by atoms with van der Waals surface area (Å²) in [5.74, 6) is -0.757. The van der Waals surface area contributed by atoms with Crippen molar-refractivity contribution in [2.24, 2.45) is 0 Å². The number of thiazole rings is 1. The fourth-order valence-corrected chi connectivity index (χ4v) is 3.54. The lowest BCUT2D eigenvalue weighted by Crippen LogP contribution is -2.34. The Labute approximate surface area is 136 Å². The van der Waals surface area contributed by atoms with Crippen LogP contribution in [0, 0.1) is 5.82 Å². The van der Waals surface area contributed by atoms with Crippen LogP contribution < -0.4 is 10.0 Å². The van der Waals surface area contributed by atoms with Crippen molar-refractivity contribution in [3.05, 3.63) is 39.0 Å². The van der Waals surface area contributed by atoms with Crippen LogP contribution in [-0.2, 0) is 10.0 Å². The predicted octanol–water partition coefficient (Wildman–Crippen LogP) is 3.21. The molecule has 21 heavy (non-hydrogen) atoms. The van der Waals surface area contributed by atoms with Crippen LogP contribution in [0.1, 0.15) is 0 Å². The fourth-order valence-electron chi connectivity index (χ4n) is 1.26. The van der Waals surface area contributed by atoms with Crippen LogP contribution in [0.2, 0.25) is 5.02 Å². The minimum Gasteiger partial charge on any atom is -0.283 e. The molecule has 0 spiro atoms. The van der Waals surface area contributed by atoms with E-state index >= 15 is 0 Å². The molecule has 2 N–H and O–H groups in total. The van der Waals surface area contributed by atoms with Crippen LogP contribution in [0.15, 0.2) is 33.1 Å². The largest absolute Gasteiger partial charge is 0.334 e. The zero-order valence-corrected chi connectivity index (χ0v) is 13.9. The molecule has 0 bridgehead atoms. The molecule has 2 rings (SSSR count). The standard InChI is InChI=1S/C10H6BrClFN3O3S2/c11-8-4-14-10(20-8)15-9(17)16-21(18,19)5-1-2-7(13)6(12)3-5/h1-4H,(H2,14,15,16,17). The molecule has 1 aromatic heterocycles. The summed E-state index contributed by atoms with van der Waals surface area (Å²) in [6.45, 7) is 0. The number of urea groups is 1. The molecule has 1 aromatic carbocycles. The summed E-state index contributed by atoms with van der Waals surface area (Å²) < 4.78 is 39.3. The molecule has 11 heteroatoms. The summed E-state index contributed by atoms with van der Waals surface area (Å²) in [5, 5.41) is 2.11. The summed E-state index contributed by atoms with van der Waals surface area (Å²) in [4.78, 5) is 15.1. The van der Waals surface area contributed by atoms with Crippen molar-refractivity contribution in [1.82, 2.24) is 9.71 Å². The van der Waals surface area contributed by atoms with Crippen LogP contribution in [0.3, 0.4) is 0 Å². The molecule has 0 aliphatic heterocycles. The van der Waals surface area contributed by atoms with E-state index in [0.29, 0.717) is 3.79 Å². The van der Waals surface area contributed by atoms with E-state index in [-0.39, 0.29) is 15.0 Å². The van der Waals surface area contributed by atoms with E-state index in [4.69, 9.17) is 11.6 Å². The third kappa shape index (κ3) is 4.13. The number of carbonyl (C=O) groups excluding carboxylic acids is 1. The van der Waals surface area contributed by atoms with Gasteiger partial charge in [0, 0.05) is 0 Å². The number of benzene rings is 1. The molecule has 0 aliphatic rings. The van der Waals surface area contributed by atoms with Crippen molar-refractivity contribution in [2.45, 2.75) is 4.90 Å². The van der Waals surface area contributed by atoms with Crippen molar-refractivity contribution in [2.75, 3.05) is 5.32 Å². The van der Waals surface area contributed by atoms with E-state index in [2.05, 4.69) is 26.2 Å². The van der Waals surface area contributed by atoms with Gasteiger partial charge in [-0.15, -0.1) is 0 Å². The Balaban J connectivity index is 2.13. The first kappa shape index (κ1) is 16.1. The lowest BCUT2D eigenvalue weighted by atomic mass is 10.3. The first-order chi connectivity index (χ1) is 9.78. The Bertz CT molecular complexity index is 797. The number of sulfonamides is 1. The maximum absolute atomic E-state index is 13.0. The monoisotopic (exact) mass is 413 g/mol. The van der Waals surface area contributed by atoms with Gasteiger partial charge in [0.25, 0.3) is 10.0 Å². The second-order valence-electron chi connectivity index (χ2n) is 3.61. The Morgan fingerprint density at radius 3 is 2.71 bits per heavy atom. The molecule has 2 aromatic rings. The topological polar surface area (TPSA) is 88.2 Å². The van der Waals surface area contributed by atoms with Crippen LogP contribution in [-0.4, -0.2) is 19.4 Å². The second-order valence-corrected chi connectivity index (χ2v) is 8.10. The number of rotatable bonds is 3. The molecule has 0 saturated carbocycles. The summed E-state index contributed by atoms with van der Waals surface area (Å²) in [6, 6.07) is 1.81. The molecular weight excluding hydrogens is 409 g/mol. The molecule has 6 nitrogen and oxygen atoms in total. The third-order valence-corrected chi connectivity index (χ3v) is 5.14. The van der Waals surface area contributed by atoms with Crippen molar-refractivity contribution in [3.63, 3.8) is 0 Å². The molecule has 0 unspecified atom stereocenters. The number of hydrogen-bond donors (Lipinski definition) is 2. The molecule has 0 atom stereocenters. The van der Waals surface area contributed by atoms with Crippen LogP contribution in [0.4, 0.5) is 14.3 Å². The number of anilines is 1. The highest BCUT2D eigenvalue weighted by atomic mass is 79.9. The van der Waals surface area contributed by atoms with Gasteiger partial charge in [-0.1, -0.05) is 22.9 Å². The lowest BCUT2D eigenvalue weighted by Gasteiger charge is -2.07. The van der Waals surface area contributed by atoms with Crippen molar-refractivity contribution in [3.8, 4) is 0 Å². The molecule has 0 saturated heterocycles. The maximum atomic E-state index is 13.0. The van der Waals surface area contributed by atoms with Gasteiger partial charge in [-0.2, -0.15) is 0 Å². The number of amides is 2. The summed E-state index contributed by atoms with van der Waals surface area (Å²) in [7, 11) is -4.16. The van der Waals surface area contributed by atoms with Gasteiger partial charge in [-0.25, -0.2) is 27.3 Å². The van der Waals surface area contributed by atoms with Crippen LogP contribution in [0.5, 0.6) is 0 Å². The van der Waals surface area contributed by atoms with E-state index in [1.54, 1.807) is 4.72 Å². The number of aromatic nitrogens is 1. The Morgan fingerprint density at radius 2 is 2.14 bits per heavy atom. The maximum Gasteiger partial charge on any atom is 0.334 e. The van der Waals surface area contributed by atoms with Gasteiger partial charge in [0.15, 0.2) is 5.13 Å². The van der Waals surface area contributed by atoms with E-state index in [0.717, 1.165) is 29.5 Å². The van der Waals surface area contributed by atoms with Gasteiger partial charge in [0.05, 0.1) is 19.9 Å². The quantitative estimate of drug-likeness (QED) is 0.807. The molecular formula is C10H6BrClFN3O3S2. The molecule has 0 radical (unpaired) electrons. The van der Waals surface area contributed by atoms with E-state index < -0.39 is 21.9 Å². The number of nitrogens with zero attached hydrogens (tertiary/aromatic N) is 1. The number of nitrogens with one attached hydrogen (secondary N) is 2. The van der Waals surface area contributed by atoms with Crippen LogP contribution in [0.25, 0.3) is 0 Å². The zero-order valence-electron chi connectivity index (χ0n) is 9.93. The highest BCUT2D eigenvalue weighted by Gasteiger charge is 2.19. The van der Waals surface area contributed by atoms with E-state index in [1.165, 1.54) is 6.20 Å². The van der Waals surface area contributed by atoms with Gasteiger partial charge < -0.3 is 0 Å². The molecule has 2 amide bonds. The van der Waals surface area contributed by atoms with Gasteiger partial charge in [0.2, 0.25) is 0 Å². The minimum atomic E-state index is -4.16. The normalized spacial score (nSPS) is 11.2. The van der Waals surface area contributed by atoms with E-state index in [1.807, 2.05) is 0 Å². The average Bonchev–Trinajstić information content (AvgIpc) is 2.77. The number of halogens is 3. The summed E-state index contributed by atoms with van der Waals surface area (Å²) in [6.07, 6.45) is 1.45. The van der Waals surface area contributed by atoms with Gasteiger partial charge >= 0.3 is 6.03 Å². The van der Waals surface area contributed by atoms with Gasteiger partial charge in [-0.05, 0) is 34.1 Å². The molecule has 0 fully saturated rings. The first-order valence-corrected chi connectivity index (χ1v) is 8.65. The average molecular weight is 415 g/mol. The SMILES string of the molecule is O=C(Nc1ncc(Br)s1)NS(=O)(=O)c1ccc(F)c(Cl)c1. The van der Waals surface area contributed by atoms with E-state index in [9.17, 15) is 17.6 Å². The fraction of sp³-hybridized carbons (Fsp3) is 0. The number of hydrogen-bond acceptors (Lipinski definition) is 5.